The average Bonchev–Trinajstić information content (AvgIpc) is 2.94. The van der Waals surface area contributed by atoms with E-state index >= 15 is 0 Å². The summed E-state index contributed by atoms with van der Waals surface area (Å²) in [6.45, 7) is 2.97. The second-order valence-electron chi connectivity index (χ2n) is 5.40. The predicted molar refractivity (Wildman–Crippen MR) is 81.4 cm³/mol. The summed E-state index contributed by atoms with van der Waals surface area (Å²) >= 11 is 0. The maximum Gasteiger partial charge on any atom is 0.326 e. The summed E-state index contributed by atoms with van der Waals surface area (Å²) in [5, 5.41) is 10.7. The van der Waals surface area contributed by atoms with Crippen molar-refractivity contribution in [3.8, 4) is 0 Å². The molecule has 2 amide bonds. The Morgan fingerprint density at radius 2 is 1.92 bits per heavy atom. The van der Waals surface area contributed by atoms with Crippen molar-refractivity contribution in [3.05, 3.63) is 17.9 Å². The Hall–Kier alpha value is -2.40. The molecule has 0 saturated heterocycles. The van der Waals surface area contributed by atoms with Crippen LogP contribution in [-0.4, -0.2) is 43.9 Å². The topological polar surface area (TPSA) is 169 Å². The van der Waals surface area contributed by atoms with Gasteiger partial charge in [-0.1, -0.05) is 13.8 Å². The zero-order valence-electron chi connectivity index (χ0n) is 13.1. The van der Waals surface area contributed by atoms with E-state index in [2.05, 4.69) is 5.32 Å². The molecule has 1 rings (SSSR count). The first-order chi connectivity index (χ1) is 11.0. The van der Waals surface area contributed by atoms with Crippen molar-refractivity contribution in [2.24, 2.45) is 11.7 Å². The Morgan fingerprint density at radius 1 is 1.29 bits per heavy atom. The molecule has 0 saturated carbocycles. The van der Waals surface area contributed by atoms with Crippen LogP contribution in [-0.2, 0) is 19.6 Å². The molecule has 0 aliphatic heterocycles. The van der Waals surface area contributed by atoms with E-state index in [1.165, 1.54) is 0 Å². The number of primary amides is 1. The monoisotopic (exact) mass is 361 g/mol. The van der Waals surface area contributed by atoms with Crippen LogP contribution in [0.15, 0.2) is 21.6 Å². The van der Waals surface area contributed by atoms with Crippen molar-refractivity contribution >= 4 is 27.8 Å². The maximum atomic E-state index is 12.0. The first kappa shape index (κ1) is 19.6. The Kier molecular flexibility index (Phi) is 6.49. The van der Waals surface area contributed by atoms with Gasteiger partial charge in [0.25, 0.3) is 15.9 Å². The lowest BCUT2D eigenvalue weighted by Crippen LogP contribution is -2.41. The van der Waals surface area contributed by atoms with E-state index in [9.17, 15) is 22.8 Å². The molecule has 0 bridgehead atoms. The molecule has 0 fully saturated rings. The number of amides is 2. The van der Waals surface area contributed by atoms with Gasteiger partial charge in [0.1, 0.15) is 6.04 Å². The third-order valence-corrected chi connectivity index (χ3v) is 4.09. The van der Waals surface area contributed by atoms with Gasteiger partial charge in [-0.05, 0) is 24.5 Å². The maximum absolute atomic E-state index is 12.0. The van der Waals surface area contributed by atoms with Crippen LogP contribution in [0.5, 0.6) is 0 Å². The number of nitrogens with one attached hydrogen (secondary N) is 2. The zero-order chi connectivity index (χ0) is 18.5. The molecule has 0 radical (unpaired) electrons. The number of carboxylic acids is 1. The summed E-state index contributed by atoms with van der Waals surface area (Å²) < 4.78 is 30.4. The molecule has 0 aromatic carbocycles. The molecule has 5 N–H and O–H groups in total. The van der Waals surface area contributed by atoms with Gasteiger partial charge in [-0.25, -0.2) is 13.2 Å². The first-order valence-electron chi connectivity index (χ1n) is 6.94. The third kappa shape index (κ3) is 5.66. The zero-order valence-corrected chi connectivity index (χ0v) is 13.9. The van der Waals surface area contributed by atoms with E-state index in [1.54, 1.807) is 13.8 Å². The van der Waals surface area contributed by atoms with Gasteiger partial charge in [0, 0.05) is 0 Å². The highest BCUT2D eigenvalue weighted by Gasteiger charge is 2.25. The van der Waals surface area contributed by atoms with Crippen LogP contribution in [0.2, 0.25) is 0 Å². The van der Waals surface area contributed by atoms with Crippen LogP contribution in [0.25, 0.3) is 0 Å². The Morgan fingerprint density at radius 3 is 2.42 bits per heavy atom. The van der Waals surface area contributed by atoms with Crippen molar-refractivity contribution in [2.45, 2.75) is 31.4 Å². The molecule has 0 spiro atoms. The van der Waals surface area contributed by atoms with Crippen molar-refractivity contribution < 1.29 is 32.3 Å². The lowest BCUT2D eigenvalue weighted by Gasteiger charge is -2.15. The van der Waals surface area contributed by atoms with E-state index in [0.717, 1.165) is 12.1 Å². The number of rotatable bonds is 9. The molecular weight excluding hydrogens is 342 g/mol. The molecule has 24 heavy (non-hydrogen) atoms. The molecule has 1 atom stereocenters. The summed E-state index contributed by atoms with van der Waals surface area (Å²) in [4.78, 5) is 33.7. The summed E-state index contributed by atoms with van der Waals surface area (Å²) in [6.07, 6.45) is 0.201. The summed E-state index contributed by atoms with van der Waals surface area (Å²) in [5.74, 6) is -3.30. The summed E-state index contributed by atoms with van der Waals surface area (Å²) in [5.41, 5.74) is 4.84. The second-order valence-corrected chi connectivity index (χ2v) is 7.10. The highest BCUT2D eigenvalue weighted by molar-refractivity contribution is 7.89. The van der Waals surface area contributed by atoms with E-state index in [-0.39, 0.29) is 18.1 Å². The number of carbonyl (C=O) groups is 3. The van der Waals surface area contributed by atoms with Gasteiger partial charge < -0.3 is 20.6 Å². The number of carbonyl (C=O) groups excluding carboxylic acids is 2. The van der Waals surface area contributed by atoms with Crippen LogP contribution in [0.3, 0.4) is 0 Å². The molecule has 11 heteroatoms. The lowest BCUT2D eigenvalue weighted by molar-refractivity contribution is -0.139. The first-order valence-corrected chi connectivity index (χ1v) is 8.42. The Balaban J connectivity index is 2.85. The molecule has 1 aromatic rings. The fraction of sp³-hybridized carbons (Fsp3) is 0.462. The van der Waals surface area contributed by atoms with Gasteiger partial charge in [-0.3, -0.25) is 9.59 Å². The van der Waals surface area contributed by atoms with E-state index in [1.807, 2.05) is 4.72 Å². The largest absolute Gasteiger partial charge is 0.480 e. The average molecular weight is 361 g/mol. The molecule has 0 aliphatic rings. The van der Waals surface area contributed by atoms with Gasteiger partial charge in [-0.2, -0.15) is 4.72 Å². The number of aliphatic carboxylic acids is 1. The summed E-state index contributed by atoms with van der Waals surface area (Å²) in [7, 11) is -4.15. The highest BCUT2D eigenvalue weighted by Crippen LogP contribution is 2.14. The van der Waals surface area contributed by atoms with Crippen molar-refractivity contribution in [1.29, 1.82) is 0 Å². The molecule has 134 valence electrons. The van der Waals surface area contributed by atoms with E-state index in [4.69, 9.17) is 15.3 Å². The van der Waals surface area contributed by atoms with Gasteiger partial charge in [0.05, 0.1) is 6.54 Å². The van der Waals surface area contributed by atoms with Crippen molar-refractivity contribution in [1.82, 2.24) is 10.0 Å². The smallest absolute Gasteiger partial charge is 0.326 e. The van der Waals surface area contributed by atoms with Crippen LogP contribution in [0, 0.1) is 5.92 Å². The van der Waals surface area contributed by atoms with Crippen molar-refractivity contribution in [3.63, 3.8) is 0 Å². The van der Waals surface area contributed by atoms with Crippen LogP contribution in [0.1, 0.15) is 30.8 Å². The highest BCUT2D eigenvalue weighted by atomic mass is 32.2. The van der Waals surface area contributed by atoms with Gasteiger partial charge in [0.15, 0.2) is 5.76 Å². The van der Waals surface area contributed by atoms with Gasteiger partial charge in [-0.15, -0.1) is 0 Å². The number of hydrogen-bond donors (Lipinski definition) is 4. The van der Waals surface area contributed by atoms with E-state index < -0.39 is 45.5 Å². The quantitative estimate of drug-likeness (QED) is 0.449. The normalized spacial score (nSPS) is 12.8. The number of hydrogen-bond acceptors (Lipinski definition) is 6. The minimum Gasteiger partial charge on any atom is -0.480 e. The van der Waals surface area contributed by atoms with Crippen LogP contribution < -0.4 is 15.8 Å². The Labute approximate surface area is 138 Å². The second kappa shape index (κ2) is 7.93. The SMILES string of the molecule is CC(C)C[C@H](NC(=O)c1ccc(S(=O)(=O)NCC(N)=O)o1)C(=O)O. The summed E-state index contributed by atoms with van der Waals surface area (Å²) in [6, 6.07) is 0.967. The molecule has 10 nitrogen and oxygen atoms in total. The fourth-order valence-corrected chi connectivity index (χ4v) is 2.67. The number of furan rings is 1. The number of carboxylic acid groups (broad SMARTS) is 1. The third-order valence-electron chi connectivity index (χ3n) is 2.82. The predicted octanol–water partition coefficient (Wildman–Crippen LogP) is -0.728. The minimum atomic E-state index is -4.15. The molecule has 0 unspecified atom stereocenters. The lowest BCUT2D eigenvalue weighted by atomic mass is 10.0. The minimum absolute atomic E-state index is 0.0249. The van der Waals surface area contributed by atoms with Crippen LogP contribution >= 0.6 is 0 Å². The number of nitrogens with two attached hydrogens (primary N) is 1. The van der Waals surface area contributed by atoms with E-state index in [0.29, 0.717) is 0 Å². The number of sulfonamides is 1. The molecule has 1 aromatic heterocycles. The fourth-order valence-electron chi connectivity index (χ4n) is 1.75. The molecule has 0 aliphatic carbocycles. The molecule has 1 heterocycles. The Bertz CT molecular complexity index is 724. The standard InChI is InChI=1S/C13H19N3O7S/c1-7(2)5-8(13(19)20)16-12(18)9-3-4-11(23-9)24(21,22)15-6-10(14)17/h3-4,7-8,15H,5-6H2,1-2H3,(H2,14,17)(H,16,18)(H,19,20)/t8-/m0/s1. The van der Waals surface area contributed by atoms with Crippen molar-refractivity contribution in [2.75, 3.05) is 6.54 Å². The van der Waals surface area contributed by atoms with Gasteiger partial charge >= 0.3 is 5.97 Å². The molecular formula is C13H19N3O7S. The van der Waals surface area contributed by atoms with Crippen LogP contribution in [0.4, 0.5) is 0 Å². The van der Waals surface area contributed by atoms with Gasteiger partial charge in [0.2, 0.25) is 11.0 Å².